The summed E-state index contributed by atoms with van der Waals surface area (Å²) in [5, 5.41) is 2.47. The second-order valence-corrected chi connectivity index (χ2v) is 6.55. The van der Waals surface area contributed by atoms with Gasteiger partial charge in [0.1, 0.15) is 6.04 Å². The molecule has 24 heavy (non-hydrogen) atoms. The molecule has 2 atom stereocenters. The molecule has 0 aliphatic heterocycles. The summed E-state index contributed by atoms with van der Waals surface area (Å²) in [6.07, 6.45) is -0.00647. The molecule has 0 heterocycles. The maximum atomic E-state index is 12.1. The van der Waals surface area contributed by atoms with E-state index < -0.39 is 34.6 Å². The van der Waals surface area contributed by atoms with Crippen molar-refractivity contribution in [2.45, 2.75) is 37.1 Å². The van der Waals surface area contributed by atoms with Gasteiger partial charge in [0.25, 0.3) is 0 Å². The number of nitrogens with one attached hydrogen (secondary N) is 1. The van der Waals surface area contributed by atoms with Gasteiger partial charge in [-0.25, -0.2) is 0 Å². The number of nitrogens with two attached hydrogens (primary N) is 1. The third-order valence-corrected chi connectivity index (χ3v) is 4.54. The van der Waals surface area contributed by atoms with Crippen molar-refractivity contribution in [3.63, 3.8) is 0 Å². The van der Waals surface area contributed by atoms with Crippen molar-refractivity contribution in [3.05, 3.63) is 30.3 Å². The molecule has 0 saturated carbocycles. The fraction of sp³-hybridized carbons (Fsp3) is 0.438. The Hall–Kier alpha value is -2.22. The highest BCUT2D eigenvalue weighted by molar-refractivity contribution is 7.85. The molecule has 0 aliphatic carbocycles. The highest BCUT2D eigenvalue weighted by Gasteiger charge is 2.20. The number of amides is 2. The van der Waals surface area contributed by atoms with Crippen LogP contribution in [0.1, 0.15) is 26.2 Å². The Balaban J connectivity index is 2.46. The van der Waals surface area contributed by atoms with Crippen LogP contribution in [0.15, 0.2) is 35.2 Å². The van der Waals surface area contributed by atoms with E-state index in [0.717, 1.165) is 0 Å². The summed E-state index contributed by atoms with van der Waals surface area (Å²) in [5.41, 5.74) is 5.27. The van der Waals surface area contributed by atoms with Gasteiger partial charge in [0.05, 0.1) is 23.8 Å². The quantitative estimate of drug-likeness (QED) is 0.594. The molecule has 0 saturated heterocycles. The van der Waals surface area contributed by atoms with Crippen molar-refractivity contribution >= 4 is 28.6 Å². The molecule has 3 N–H and O–H groups in total. The van der Waals surface area contributed by atoms with Crippen molar-refractivity contribution in [2.24, 2.45) is 5.73 Å². The van der Waals surface area contributed by atoms with Crippen molar-refractivity contribution in [1.82, 2.24) is 5.32 Å². The number of hydrogen-bond donors (Lipinski definition) is 2. The number of esters is 1. The van der Waals surface area contributed by atoms with Gasteiger partial charge in [0.15, 0.2) is 0 Å². The molecule has 8 heteroatoms. The van der Waals surface area contributed by atoms with Crippen molar-refractivity contribution in [2.75, 3.05) is 12.4 Å². The van der Waals surface area contributed by atoms with Gasteiger partial charge in [-0.3, -0.25) is 18.6 Å². The van der Waals surface area contributed by atoms with Crippen LogP contribution in [0.4, 0.5) is 0 Å². The van der Waals surface area contributed by atoms with Crippen LogP contribution in [0.25, 0.3) is 0 Å². The maximum Gasteiger partial charge on any atom is 0.306 e. The van der Waals surface area contributed by atoms with Gasteiger partial charge in [-0.05, 0) is 25.5 Å². The third kappa shape index (κ3) is 7.36. The molecule has 0 fully saturated rings. The highest BCUT2D eigenvalue weighted by Crippen LogP contribution is 2.08. The molecule has 0 unspecified atom stereocenters. The summed E-state index contributed by atoms with van der Waals surface area (Å²) in [6, 6.07) is 7.90. The minimum absolute atomic E-state index is 0.0684. The first kappa shape index (κ1) is 19.8. The Morgan fingerprint density at radius 2 is 1.88 bits per heavy atom. The standard InChI is InChI=1S/C16H22N2O5S/c1-2-23-15(20)9-8-14(19)18-13(16(17)21)10-11-24(22)12-6-4-3-5-7-12/h3-7,13H,2,8-11H2,1H3,(H2,17,21)(H,18,19)/t13-,24+/m0/s1. The molecule has 2 amide bonds. The summed E-state index contributed by atoms with van der Waals surface area (Å²) < 4.78 is 16.9. The minimum Gasteiger partial charge on any atom is -0.466 e. The Morgan fingerprint density at radius 1 is 1.21 bits per heavy atom. The summed E-state index contributed by atoms with van der Waals surface area (Å²) in [4.78, 5) is 35.1. The largest absolute Gasteiger partial charge is 0.466 e. The summed E-state index contributed by atoms with van der Waals surface area (Å²) in [6.45, 7) is 1.92. The first-order chi connectivity index (χ1) is 11.4. The van der Waals surface area contributed by atoms with Crippen LogP contribution in [-0.4, -0.2) is 40.4 Å². The molecule has 0 aliphatic rings. The first-order valence-electron chi connectivity index (χ1n) is 7.61. The van der Waals surface area contributed by atoms with Gasteiger partial charge >= 0.3 is 5.97 Å². The van der Waals surface area contributed by atoms with E-state index in [1.54, 1.807) is 31.2 Å². The van der Waals surface area contributed by atoms with Gasteiger partial charge in [0, 0.05) is 17.1 Å². The van der Waals surface area contributed by atoms with E-state index in [0.29, 0.717) is 4.90 Å². The zero-order chi connectivity index (χ0) is 17.9. The highest BCUT2D eigenvalue weighted by atomic mass is 32.2. The average Bonchev–Trinajstić information content (AvgIpc) is 2.57. The van der Waals surface area contributed by atoms with E-state index in [4.69, 9.17) is 10.5 Å². The fourth-order valence-corrected chi connectivity index (χ4v) is 3.06. The molecule has 0 radical (unpaired) electrons. The van der Waals surface area contributed by atoms with Crippen molar-refractivity contribution in [1.29, 1.82) is 0 Å². The molecule has 1 aromatic rings. The summed E-state index contributed by atoms with van der Waals surface area (Å²) >= 11 is 0. The normalized spacial score (nSPS) is 12.9. The Kier molecular flexibility index (Phi) is 8.70. The molecule has 0 spiro atoms. The minimum atomic E-state index is -1.28. The van der Waals surface area contributed by atoms with Crippen LogP contribution in [0.2, 0.25) is 0 Å². The van der Waals surface area contributed by atoms with Gasteiger partial charge in [-0.15, -0.1) is 0 Å². The lowest BCUT2D eigenvalue weighted by atomic mass is 10.2. The topological polar surface area (TPSA) is 116 Å². The van der Waals surface area contributed by atoms with Crippen LogP contribution in [-0.2, 0) is 29.9 Å². The lowest BCUT2D eigenvalue weighted by Gasteiger charge is -2.15. The lowest BCUT2D eigenvalue weighted by molar-refractivity contribution is -0.144. The zero-order valence-electron chi connectivity index (χ0n) is 13.5. The van der Waals surface area contributed by atoms with Gasteiger partial charge in [-0.2, -0.15) is 0 Å². The molecular weight excluding hydrogens is 332 g/mol. The van der Waals surface area contributed by atoms with Crippen molar-refractivity contribution in [3.8, 4) is 0 Å². The van der Waals surface area contributed by atoms with Gasteiger partial charge in [-0.1, -0.05) is 18.2 Å². The molecule has 132 valence electrons. The van der Waals surface area contributed by atoms with E-state index in [1.807, 2.05) is 6.07 Å². The zero-order valence-corrected chi connectivity index (χ0v) is 14.3. The number of carbonyl (C=O) groups excluding carboxylic acids is 3. The van der Waals surface area contributed by atoms with Crippen LogP contribution < -0.4 is 11.1 Å². The van der Waals surface area contributed by atoms with Crippen LogP contribution >= 0.6 is 0 Å². The van der Waals surface area contributed by atoms with E-state index >= 15 is 0 Å². The third-order valence-electron chi connectivity index (χ3n) is 3.14. The van der Waals surface area contributed by atoms with Crippen molar-refractivity contribution < 1.29 is 23.3 Å². The monoisotopic (exact) mass is 354 g/mol. The fourth-order valence-electron chi connectivity index (χ4n) is 1.92. The van der Waals surface area contributed by atoms with Crippen LogP contribution in [0.3, 0.4) is 0 Å². The summed E-state index contributed by atoms with van der Waals surface area (Å²) in [5.74, 6) is -1.47. The number of rotatable bonds is 10. The van der Waals surface area contributed by atoms with Gasteiger partial charge in [0.2, 0.25) is 11.8 Å². The number of primary amides is 1. The molecule has 1 aromatic carbocycles. The van der Waals surface area contributed by atoms with Crippen LogP contribution in [0.5, 0.6) is 0 Å². The molecule has 0 aromatic heterocycles. The predicted molar refractivity (Wildman–Crippen MR) is 89.3 cm³/mol. The number of benzene rings is 1. The Bertz CT molecular complexity index is 591. The smallest absolute Gasteiger partial charge is 0.306 e. The average molecular weight is 354 g/mol. The molecule has 0 bridgehead atoms. The number of ether oxygens (including phenoxy) is 1. The lowest BCUT2D eigenvalue weighted by Crippen LogP contribution is -2.45. The maximum absolute atomic E-state index is 12.1. The molecular formula is C16H22N2O5S. The van der Waals surface area contributed by atoms with E-state index in [2.05, 4.69) is 5.32 Å². The number of hydrogen-bond acceptors (Lipinski definition) is 5. The van der Waals surface area contributed by atoms with Gasteiger partial charge < -0.3 is 15.8 Å². The second-order valence-electron chi connectivity index (χ2n) is 4.98. The summed E-state index contributed by atoms with van der Waals surface area (Å²) in [7, 11) is -1.28. The SMILES string of the molecule is CCOC(=O)CCC(=O)N[C@@H](CC[S@@](=O)c1ccccc1)C(N)=O. The predicted octanol–water partition coefficient (Wildman–Crippen LogP) is 0.498. The first-order valence-corrected chi connectivity index (χ1v) is 8.93. The molecule has 7 nitrogen and oxygen atoms in total. The van der Waals surface area contributed by atoms with Crippen LogP contribution in [0, 0.1) is 0 Å². The Morgan fingerprint density at radius 3 is 2.46 bits per heavy atom. The Labute approximate surface area is 143 Å². The second kappa shape index (κ2) is 10.5. The number of carbonyl (C=O) groups is 3. The molecule has 1 rings (SSSR count). The van der Waals surface area contributed by atoms with E-state index in [1.165, 1.54) is 0 Å². The van der Waals surface area contributed by atoms with E-state index in [9.17, 15) is 18.6 Å². The van der Waals surface area contributed by atoms with E-state index in [-0.39, 0.29) is 31.6 Å².